The van der Waals surface area contributed by atoms with Crippen molar-refractivity contribution in [1.82, 2.24) is 4.98 Å². The Labute approximate surface area is 116 Å². The number of benzene rings is 1. The van der Waals surface area contributed by atoms with Gasteiger partial charge in [-0.2, -0.15) is 8.42 Å². The topological polar surface area (TPSA) is 85.1 Å². The van der Waals surface area contributed by atoms with Gasteiger partial charge in [0, 0.05) is 17.8 Å². The molecule has 0 radical (unpaired) electrons. The van der Waals surface area contributed by atoms with Gasteiger partial charge in [-0.3, -0.25) is 4.72 Å². The van der Waals surface area contributed by atoms with Crippen LogP contribution in [0.4, 0.5) is 5.69 Å². The first-order valence-electron chi connectivity index (χ1n) is 5.44. The molecule has 0 amide bonds. The predicted molar refractivity (Wildman–Crippen MR) is 74.4 cm³/mol. The van der Waals surface area contributed by atoms with E-state index in [9.17, 15) is 8.42 Å². The van der Waals surface area contributed by atoms with Gasteiger partial charge in [0.1, 0.15) is 0 Å². The van der Waals surface area contributed by atoms with Crippen molar-refractivity contribution in [3.05, 3.63) is 53.2 Å². The van der Waals surface area contributed by atoms with E-state index >= 15 is 0 Å². The highest BCUT2D eigenvalue weighted by atomic mass is 35.5. The van der Waals surface area contributed by atoms with Gasteiger partial charge in [-0.1, -0.05) is 23.7 Å². The summed E-state index contributed by atoms with van der Waals surface area (Å²) in [5.41, 5.74) is 6.58. The van der Waals surface area contributed by atoms with Crippen LogP contribution in [-0.4, -0.2) is 13.4 Å². The summed E-state index contributed by atoms with van der Waals surface area (Å²) in [6.45, 7) is 0.315. The van der Waals surface area contributed by atoms with Crippen LogP contribution in [-0.2, 0) is 16.6 Å². The van der Waals surface area contributed by atoms with E-state index in [2.05, 4.69) is 9.71 Å². The van der Waals surface area contributed by atoms with Crippen molar-refractivity contribution in [2.45, 2.75) is 11.6 Å². The lowest BCUT2D eigenvalue weighted by Gasteiger charge is -2.07. The summed E-state index contributed by atoms with van der Waals surface area (Å²) in [5.74, 6) is 0. The third kappa shape index (κ3) is 3.44. The smallest absolute Gasteiger partial charge is 0.279 e. The number of hydrogen-bond donors (Lipinski definition) is 2. The molecule has 0 aliphatic rings. The van der Waals surface area contributed by atoms with Gasteiger partial charge in [-0.05, 0) is 29.8 Å². The van der Waals surface area contributed by atoms with Crippen LogP contribution in [0.25, 0.3) is 0 Å². The molecular formula is C12H12ClN3O2S. The first kappa shape index (κ1) is 13.8. The lowest BCUT2D eigenvalue weighted by Crippen LogP contribution is -2.14. The number of rotatable bonds is 4. The van der Waals surface area contributed by atoms with Crippen LogP contribution in [0.3, 0.4) is 0 Å². The molecule has 1 aromatic heterocycles. The number of pyridine rings is 1. The molecule has 2 rings (SSSR count). The van der Waals surface area contributed by atoms with E-state index < -0.39 is 10.0 Å². The van der Waals surface area contributed by atoms with Crippen molar-refractivity contribution in [3.8, 4) is 0 Å². The van der Waals surface area contributed by atoms with Crippen molar-refractivity contribution >= 4 is 27.3 Å². The molecule has 7 heteroatoms. The van der Waals surface area contributed by atoms with Crippen molar-refractivity contribution in [2.24, 2.45) is 5.73 Å². The molecule has 0 bridgehead atoms. The van der Waals surface area contributed by atoms with Gasteiger partial charge in [0.05, 0.1) is 5.69 Å². The normalized spacial score (nSPS) is 11.3. The lowest BCUT2D eigenvalue weighted by atomic mass is 10.3. The molecule has 2 aromatic rings. The first-order chi connectivity index (χ1) is 9.01. The zero-order chi connectivity index (χ0) is 13.9. The van der Waals surface area contributed by atoms with Gasteiger partial charge in [0.2, 0.25) is 0 Å². The standard InChI is InChI=1S/C12H12ClN3O2S/c13-10-2-1-3-11(6-10)16-19(17,18)12-5-4-9(7-14)8-15-12/h1-6,8,16H,7,14H2. The third-order valence-corrected chi connectivity index (χ3v) is 3.92. The number of nitrogens with two attached hydrogens (primary N) is 1. The maximum Gasteiger partial charge on any atom is 0.279 e. The Morgan fingerprint density at radius 2 is 2.05 bits per heavy atom. The molecule has 0 unspecified atom stereocenters. The highest BCUT2D eigenvalue weighted by molar-refractivity contribution is 7.92. The van der Waals surface area contributed by atoms with Crippen LogP contribution in [0.15, 0.2) is 47.6 Å². The molecule has 1 heterocycles. The van der Waals surface area contributed by atoms with E-state index in [-0.39, 0.29) is 5.03 Å². The Hall–Kier alpha value is -1.63. The number of anilines is 1. The minimum atomic E-state index is -3.72. The number of hydrogen-bond acceptors (Lipinski definition) is 4. The molecule has 100 valence electrons. The van der Waals surface area contributed by atoms with Crippen LogP contribution >= 0.6 is 11.6 Å². The van der Waals surface area contributed by atoms with Gasteiger partial charge >= 0.3 is 0 Å². The quantitative estimate of drug-likeness (QED) is 0.904. The van der Waals surface area contributed by atoms with Crippen molar-refractivity contribution in [1.29, 1.82) is 0 Å². The Balaban J connectivity index is 2.27. The molecule has 0 spiro atoms. The fraction of sp³-hybridized carbons (Fsp3) is 0.0833. The minimum Gasteiger partial charge on any atom is -0.326 e. The van der Waals surface area contributed by atoms with Gasteiger partial charge in [-0.25, -0.2) is 4.98 Å². The molecule has 0 aliphatic heterocycles. The lowest BCUT2D eigenvalue weighted by molar-refractivity contribution is 0.597. The largest absolute Gasteiger partial charge is 0.326 e. The second-order valence-electron chi connectivity index (χ2n) is 3.82. The van der Waals surface area contributed by atoms with Crippen molar-refractivity contribution < 1.29 is 8.42 Å². The molecule has 0 aliphatic carbocycles. The summed E-state index contributed by atoms with van der Waals surface area (Å²) in [4.78, 5) is 3.88. The molecule has 0 saturated carbocycles. The molecule has 5 nitrogen and oxygen atoms in total. The summed E-state index contributed by atoms with van der Waals surface area (Å²) in [6.07, 6.45) is 1.44. The summed E-state index contributed by atoms with van der Waals surface area (Å²) in [6, 6.07) is 9.48. The van der Waals surface area contributed by atoms with E-state index in [1.807, 2.05) is 0 Å². The molecule has 0 saturated heterocycles. The van der Waals surface area contributed by atoms with Crippen LogP contribution in [0.2, 0.25) is 5.02 Å². The molecule has 3 N–H and O–H groups in total. The Morgan fingerprint density at radius 1 is 1.26 bits per heavy atom. The molecular weight excluding hydrogens is 286 g/mol. The van der Waals surface area contributed by atoms with E-state index in [0.29, 0.717) is 17.3 Å². The Bertz CT molecular complexity index is 672. The highest BCUT2D eigenvalue weighted by Gasteiger charge is 2.15. The van der Waals surface area contributed by atoms with Crippen molar-refractivity contribution in [2.75, 3.05) is 4.72 Å². The maximum absolute atomic E-state index is 12.1. The molecule has 1 aromatic carbocycles. The molecule has 0 fully saturated rings. The fourth-order valence-electron chi connectivity index (χ4n) is 1.45. The van der Waals surface area contributed by atoms with E-state index in [1.54, 1.807) is 24.3 Å². The van der Waals surface area contributed by atoms with Gasteiger partial charge in [0.15, 0.2) is 5.03 Å². The molecule has 19 heavy (non-hydrogen) atoms. The van der Waals surface area contributed by atoms with Crippen LogP contribution in [0, 0.1) is 0 Å². The minimum absolute atomic E-state index is 0.0651. The maximum atomic E-state index is 12.1. The Morgan fingerprint density at radius 3 is 2.63 bits per heavy atom. The first-order valence-corrected chi connectivity index (χ1v) is 7.31. The summed E-state index contributed by atoms with van der Waals surface area (Å²) in [7, 11) is -3.72. The SMILES string of the molecule is NCc1ccc(S(=O)(=O)Nc2cccc(Cl)c2)nc1. The second-order valence-corrected chi connectivity index (χ2v) is 5.89. The second kappa shape index (κ2) is 5.56. The average Bonchev–Trinajstić information content (AvgIpc) is 2.38. The zero-order valence-electron chi connectivity index (χ0n) is 9.88. The van der Waals surface area contributed by atoms with E-state index in [4.69, 9.17) is 17.3 Å². The van der Waals surface area contributed by atoms with Crippen LogP contribution in [0.1, 0.15) is 5.56 Å². The van der Waals surface area contributed by atoms with Crippen LogP contribution < -0.4 is 10.5 Å². The van der Waals surface area contributed by atoms with Crippen LogP contribution in [0.5, 0.6) is 0 Å². The van der Waals surface area contributed by atoms with E-state index in [0.717, 1.165) is 5.56 Å². The average molecular weight is 298 g/mol. The Kier molecular flexibility index (Phi) is 4.04. The highest BCUT2D eigenvalue weighted by Crippen LogP contribution is 2.18. The number of nitrogens with one attached hydrogen (secondary N) is 1. The molecule has 0 atom stereocenters. The zero-order valence-corrected chi connectivity index (χ0v) is 11.4. The monoisotopic (exact) mass is 297 g/mol. The summed E-state index contributed by atoms with van der Waals surface area (Å²) >= 11 is 5.79. The number of aromatic nitrogens is 1. The fourth-order valence-corrected chi connectivity index (χ4v) is 2.62. The summed E-state index contributed by atoms with van der Waals surface area (Å²) in [5, 5.41) is 0.385. The predicted octanol–water partition coefficient (Wildman–Crippen LogP) is 1.99. The third-order valence-electron chi connectivity index (χ3n) is 2.39. The van der Waals surface area contributed by atoms with Gasteiger partial charge in [-0.15, -0.1) is 0 Å². The van der Waals surface area contributed by atoms with Crippen molar-refractivity contribution in [3.63, 3.8) is 0 Å². The number of nitrogens with zero attached hydrogens (tertiary/aromatic N) is 1. The number of halogens is 1. The summed E-state index contributed by atoms with van der Waals surface area (Å²) < 4.78 is 26.5. The van der Waals surface area contributed by atoms with Gasteiger partial charge in [0.25, 0.3) is 10.0 Å². The van der Waals surface area contributed by atoms with Gasteiger partial charge < -0.3 is 5.73 Å². The van der Waals surface area contributed by atoms with E-state index in [1.165, 1.54) is 18.3 Å². The number of sulfonamides is 1.